The molecule has 0 radical (unpaired) electrons. The van der Waals surface area contributed by atoms with Gasteiger partial charge in [-0.1, -0.05) is 11.6 Å². The molecule has 1 aliphatic heterocycles. The van der Waals surface area contributed by atoms with E-state index < -0.39 is 5.66 Å². The van der Waals surface area contributed by atoms with Crippen LogP contribution in [0.1, 0.15) is 12.0 Å². The lowest BCUT2D eigenvalue weighted by Gasteiger charge is -2.28. The van der Waals surface area contributed by atoms with Gasteiger partial charge in [0.25, 0.3) is 0 Å². The molecule has 0 saturated heterocycles. The van der Waals surface area contributed by atoms with E-state index in [1.165, 1.54) is 10.6 Å². The largest absolute Gasteiger partial charge is 0.318 e. The zero-order chi connectivity index (χ0) is 12.6. The first-order chi connectivity index (χ1) is 7.90. The van der Waals surface area contributed by atoms with Crippen LogP contribution < -0.4 is 17.0 Å². The minimum atomic E-state index is -1.06. The third-order valence-corrected chi connectivity index (χ3v) is 2.87. The molecular formula is C11H13ClN4O. The molecule has 0 unspecified atom stereocenters. The van der Waals surface area contributed by atoms with Crippen LogP contribution in [0.4, 0.5) is 0 Å². The van der Waals surface area contributed by atoms with Crippen LogP contribution in [0, 0.1) is 0 Å². The van der Waals surface area contributed by atoms with Gasteiger partial charge in [0, 0.05) is 31.3 Å². The number of hydrogen-bond donors (Lipinski definition) is 2. The van der Waals surface area contributed by atoms with E-state index in [4.69, 9.17) is 23.1 Å². The Kier molecular flexibility index (Phi) is 2.91. The predicted octanol–water partition coefficient (Wildman–Crippen LogP) is 0.272. The van der Waals surface area contributed by atoms with Gasteiger partial charge < -0.3 is 16.0 Å². The number of aromatic nitrogens is 1. The monoisotopic (exact) mass is 252 g/mol. The van der Waals surface area contributed by atoms with Crippen LogP contribution in [0.2, 0.25) is 0 Å². The number of halogens is 1. The second kappa shape index (κ2) is 4.10. The maximum Gasteiger partial charge on any atom is 0.250 e. The van der Waals surface area contributed by atoms with Crippen molar-refractivity contribution < 1.29 is 0 Å². The Morgan fingerprint density at radius 3 is 2.82 bits per heavy atom. The third-order valence-electron chi connectivity index (χ3n) is 2.63. The van der Waals surface area contributed by atoms with Crippen molar-refractivity contribution in [1.82, 2.24) is 4.57 Å². The molecule has 2 heterocycles. The first-order valence-corrected chi connectivity index (χ1v) is 5.47. The van der Waals surface area contributed by atoms with E-state index in [1.54, 1.807) is 25.4 Å². The lowest BCUT2D eigenvalue weighted by molar-refractivity contribution is 0.593. The van der Waals surface area contributed by atoms with E-state index in [0.717, 1.165) is 0 Å². The molecule has 0 aromatic carbocycles. The second-order valence-corrected chi connectivity index (χ2v) is 4.49. The fraction of sp³-hybridized carbons (Fsp3) is 0.273. The van der Waals surface area contributed by atoms with Crippen molar-refractivity contribution in [3.05, 3.63) is 45.5 Å². The van der Waals surface area contributed by atoms with Gasteiger partial charge in [0.05, 0.1) is 5.71 Å². The highest BCUT2D eigenvalue weighted by Crippen LogP contribution is 2.21. The molecule has 2 rings (SSSR count). The molecule has 1 aliphatic rings. The minimum absolute atomic E-state index is 0.105. The highest BCUT2D eigenvalue weighted by molar-refractivity contribution is 6.31. The van der Waals surface area contributed by atoms with Crippen LogP contribution in [-0.4, -0.2) is 15.9 Å². The lowest BCUT2D eigenvalue weighted by atomic mass is 9.94. The van der Waals surface area contributed by atoms with E-state index in [9.17, 15) is 4.79 Å². The molecule has 0 saturated carbocycles. The molecule has 0 aliphatic carbocycles. The maximum atomic E-state index is 11.3. The minimum Gasteiger partial charge on any atom is -0.318 e. The number of rotatable bonds is 1. The molecule has 0 spiro atoms. The van der Waals surface area contributed by atoms with Gasteiger partial charge in [0.15, 0.2) is 0 Å². The normalized spacial score (nSPS) is 18.6. The van der Waals surface area contributed by atoms with E-state index in [1.807, 2.05) is 0 Å². The molecule has 4 N–H and O–H groups in total. The highest BCUT2D eigenvalue weighted by Gasteiger charge is 2.30. The van der Waals surface area contributed by atoms with Crippen LogP contribution >= 0.6 is 11.6 Å². The van der Waals surface area contributed by atoms with Crippen molar-refractivity contribution in [3.8, 4) is 0 Å². The Morgan fingerprint density at radius 2 is 2.18 bits per heavy atom. The van der Waals surface area contributed by atoms with E-state index in [2.05, 4.69) is 4.99 Å². The molecule has 90 valence electrons. The molecule has 1 aromatic rings. The van der Waals surface area contributed by atoms with Gasteiger partial charge in [0.1, 0.15) is 10.8 Å². The second-order valence-electron chi connectivity index (χ2n) is 4.10. The molecule has 17 heavy (non-hydrogen) atoms. The summed E-state index contributed by atoms with van der Waals surface area (Å²) in [6.07, 6.45) is 3.73. The summed E-state index contributed by atoms with van der Waals surface area (Å²) >= 11 is 5.85. The molecule has 0 atom stereocenters. The van der Waals surface area contributed by atoms with E-state index in [0.29, 0.717) is 22.9 Å². The van der Waals surface area contributed by atoms with Crippen molar-refractivity contribution in [2.75, 3.05) is 0 Å². The Balaban J connectivity index is 2.54. The van der Waals surface area contributed by atoms with Crippen molar-refractivity contribution in [3.63, 3.8) is 0 Å². The average Bonchev–Trinajstić information content (AvgIpc) is 2.26. The fourth-order valence-corrected chi connectivity index (χ4v) is 1.84. The molecule has 0 fully saturated rings. The van der Waals surface area contributed by atoms with E-state index >= 15 is 0 Å². The van der Waals surface area contributed by atoms with Crippen molar-refractivity contribution in [1.29, 1.82) is 0 Å². The molecule has 1 aromatic heterocycles. The SMILES string of the molecule is Cn1cc(C2=NC(Cl)=CCC2(N)N)ccc1=O. The average molecular weight is 253 g/mol. The number of aliphatic imine (C=N–C) groups is 1. The van der Waals surface area contributed by atoms with Gasteiger partial charge >= 0.3 is 0 Å². The van der Waals surface area contributed by atoms with Gasteiger partial charge in [-0.3, -0.25) is 4.79 Å². The van der Waals surface area contributed by atoms with Crippen molar-refractivity contribution in [2.45, 2.75) is 12.1 Å². The zero-order valence-electron chi connectivity index (χ0n) is 9.35. The Morgan fingerprint density at radius 1 is 1.47 bits per heavy atom. The highest BCUT2D eigenvalue weighted by atomic mass is 35.5. The summed E-state index contributed by atoms with van der Waals surface area (Å²) in [4.78, 5) is 15.5. The van der Waals surface area contributed by atoms with Crippen LogP contribution in [0.3, 0.4) is 0 Å². The molecule has 6 heteroatoms. The molecule has 0 bridgehead atoms. The summed E-state index contributed by atoms with van der Waals surface area (Å²) in [5, 5.41) is 0.361. The predicted molar refractivity (Wildman–Crippen MR) is 67.9 cm³/mol. The molecule has 0 amide bonds. The van der Waals surface area contributed by atoms with Gasteiger partial charge in [-0.05, 0) is 12.1 Å². The number of nitrogens with two attached hydrogens (primary N) is 2. The summed E-state index contributed by atoms with van der Waals surface area (Å²) in [6, 6.07) is 3.09. The summed E-state index contributed by atoms with van der Waals surface area (Å²) in [7, 11) is 1.65. The maximum absolute atomic E-state index is 11.3. The topological polar surface area (TPSA) is 86.4 Å². The number of hydrogen-bond acceptors (Lipinski definition) is 4. The van der Waals surface area contributed by atoms with Crippen LogP contribution in [0.15, 0.2) is 39.3 Å². The van der Waals surface area contributed by atoms with Crippen molar-refractivity contribution >= 4 is 17.3 Å². The summed E-state index contributed by atoms with van der Waals surface area (Å²) in [6.45, 7) is 0. The van der Waals surface area contributed by atoms with Gasteiger partial charge in [0.2, 0.25) is 5.56 Å². The summed E-state index contributed by atoms with van der Waals surface area (Å²) in [5.41, 5.74) is 11.9. The Bertz CT molecular complexity index is 571. The third kappa shape index (κ3) is 2.31. The quantitative estimate of drug-likeness (QED) is 0.556. The van der Waals surface area contributed by atoms with Crippen LogP contribution in [0.25, 0.3) is 0 Å². The molecular weight excluding hydrogens is 240 g/mol. The lowest BCUT2D eigenvalue weighted by Crippen LogP contribution is -2.57. The number of pyridine rings is 1. The first-order valence-electron chi connectivity index (χ1n) is 5.10. The Hall–Kier alpha value is -1.43. The van der Waals surface area contributed by atoms with Crippen LogP contribution in [-0.2, 0) is 7.05 Å². The van der Waals surface area contributed by atoms with Crippen LogP contribution in [0.5, 0.6) is 0 Å². The van der Waals surface area contributed by atoms with E-state index in [-0.39, 0.29) is 5.56 Å². The van der Waals surface area contributed by atoms with Gasteiger partial charge in [-0.25, -0.2) is 4.99 Å². The zero-order valence-corrected chi connectivity index (χ0v) is 10.1. The standard InChI is InChI=1S/C11H13ClN4O/c1-16-6-7(2-3-9(16)17)10-11(13,14)5-4-8(12)15-10/h2-4,6H,5,13-14H2,1H3. The molecule has 5 nitrogen and oxygen atoms in total. The van der Waals surface area contributed by atoms with Gasteiger partial charge in [-0.2, -0.15) is 0 Å². The smallest absolute Gasteiger partial charge is 0.250 e. The first kappa shape index (κ1) is 12.0. The number of aryl methyl sites for hydroxylation is 1. The van der Waals surface area contributed by atoms with Gasteiger partial charge in [-0.15, -0.1) is 0 Å². The Labute approximate surface area is 103 Å². The number of nitrogens with zero attached hydrogens (tertiary/aromatic N) is 2. The summed E-state index contributed by atoms with van der Waals surface area (Å²) in [5.74, 6) is 0. The fourth-order valence-electron chi connectivity index (χ4n) is 1.67. The summed E-state index contributed by atoms with van der Waals surface area (Å²) < 4.78 is 1.44. The van der Waals surface area contributed by atoms with Crippen molar-refractivity contribution in [2.24, 2.45) is 23.5 Å².